The SMILES string of the molecule is CC(C)(CN)CC(C)(C)c1cc(=O)[nH]o1. The van der Waals surface area contributed by atoms with Crippen LogP contribution in [0.5, 0.6) is 0 Å². The van der Waals surface area contributed by atoms with Crippen LogP contribution >= 0.6 is 0 Å². The fourth-order valence-corrected chi connectivity index (χ4v) is 1.97. The van der Waals surface area contributed by atoms with Crippen LogP contribution in [-0.4, -0.2) is 11.7 Å². The predicted octanol–water partition coefficient (Wildman–Crippen LogP) is 1.62. The highest BCUT2D eigenvalue weighted by molar-refractivity contribution is 5.09. The van der Waals surface area contributed by atoms with Gasteiger partial charge in [-0.05, 0) is 18.4 Å². The number of aromatic nitrogens is 1. The van der Waals surface area contributed by atoms with E-state index in [1.807, 2.05) is 0 Å². The first-order chi connectivity index (χ1) is 6.77. The zero-order valence-electron chi connectivity index (χ0n) is 9.89. The average molecular weight is 212 g/mol. The molecule has 1 rings (SSSR count). The summed E-state index contributed by atoms with van der Waals surface area (Å²) >= 11 is 0. The fourth-order valence-electron chi connectivity index (χ4n) is 1.97. The summed E-state index contributed by atoms with van der Waals surface area (Å²) in [4.78, 5) is 11.0. The van der Waals surface area contributed by atoms with E-state index in [9.17, 15) is 4.79 Å². The molecule has 0 radical (unpaired) electrons. The first-order valence-corrected chi connectivity index (χ1v) is 5.16. The van der Waals surface area contributed by atoms with Crippen molar-refractivity contribution in [1.29, 1.82) is 0 Å². The quantitative estimate of drug-likeness (QED) is 0.796. The lowest BCUT2D eigenvalue weighted by molar-refractivity contribution is 0.222. The summed E-state index contributed by atoms with van der Waals surface area (Å²) in [5, 5.41) is 2.32. The minimum Gasteiger partial charge on any atom is -0.383 e. The smallest absolute Gasteiger partial charge is 0.280 e. The molecule has 1 aromatic rings. The maximum Gasteiger partial charge on any atom is 0.280 e. The second kappa shape index (κ2) is 3.85. The van der Waals surface area contributed by atoms with Crippen molar-refractivity contribution in [3.8, 4) is 0 Å². The third kappa shape index (κ3) is 2.96. The number of nitrogens with one attached hydrogen (secondary N) is 1. The van der Waals surface area contributed by atoms with E-state index >= 15 is 0 Å². The number of hydrogen-bond acceptors (Lipinski definition) is 3. The molecule has 0 aliphatic heterocycles. The Morgan fingerprint density at radius 1 is 1.40 bits per heavy atom. The largest absolute Gasteiger partial charge is 0.383 e. The van der Waals surface area contributed by atoms with Crippen molar-refractivity contribution < 1.29 is 4.52 Å². The van der Waals surface area contributed by atoms with Crippen LogP contribution < -0.4 is 11.3 Å². The zero-order valence-corrected chi connectivity index (χ0v) is 9.89. The molecular formula is C11H20N2O2. The van der Waals surface area contributed by atoms with Crippen molar-refractivity contribution in [3.05, 3.63) is 22.2 Å². The second-order valence-corrected chi connectivity index (χ2v) is 5.51. The van der Waals surface area contributed by atoms with Crippen molar-refractivity contribution in [2.45, 2.75) is 39.5 Å². The van der Waals surface area contributed by atoms with Gasteiger partial charge in [-0.15, -0.1) is 0 Å². The minimum atomic E-state index is -0.191. The molecule has 1 heterocycles. The maximum absolute atomic E-state index is 11.0. The summed E-state index contributed by atoms with van der Waals surface area (Å²) in [6, 6.07) is 1.51. The lowest BCUT2D eigenvalue weighted by Crippen LogP contribution is -2.32. The van der Waals surface area contributed by atoms with E-state index in [0.717, 1.165) is 6.42 Å². The molecule has 4 nitrogen and oxygen atoms in total. The van der Waals surface area contributed by atoms with Gasteiger partial charge in [0.15, 0.2) is 0 Å². The average Bonchev–Trinajstić information content (AvgIpc) is 2.51. The molecule has 0 saturated heterocycles. The summed E-state index contributed by atoms with van der Waals surface area (Å²) in [5.74, 6) is 0.689. The van der Waals surface area contributed by atoms with Crippen molar-refractivity contribution in [2.75, 3.05) is 6.54 Å². The van der Waals surface area contributed by atoms with Gasteiger partial charge >= 0.3 is 0 Å². The van der Waals surface area contributed by atoms with Crippen LogP contribution in [-0.2, 0) is 5.41 Å². The molecule has 0 bridgehead atoms. The summed E-state index contributed by atoms with van der Waals surface area (Å²) < 4.78 is 5.14. The van der Waals surface area contributed by atoms with E-state index in [2.05, 4.69) is 32.9 Å². The lowest BCUT2D eigenvalue weighted by Gasteiger charge is -2.32. The molecule has 0 aliphatic rings. The lowest BCUT2D eigenvalue weighted by atomic mass is 9.74. The van der Waals surface area contributed by atoms with Gasteiger partial charge < -0.3 is 10.3 Å². The van der Waals surface area contributed by atoms with Crippen LogP contribution in [0.4, 0.5) is 0 Å². The molecule has 0 fully saturated rings. The molecule has 3 N–H and O–H groups in total. The fraction of sp³-hybridized carbons (Fsp3) is 0.727. The molecule has 0 spiro atoms. The summed E-state index contributed by atoms with van der Waals surface area (Å²) in [6.45, 7) is 8.94. The number of hydrogen-bond donors (Lipinski definition) is 2. The second-order valence-electron chi connectivity index (χ2n) is 5.51. The van der Waals surface area contributed by atoms with Crippen molar-refractivity contribution in [1.82, 2.24) is 5.16 Å². The van der Waals surface area contributed by atoms with Gasteiger partial charge in [0.25, 0.3) is 5.56 Å². The maximum atomic E-state index is 11.0. The van der Waals surface area contributed by atoms with E-state index in [1.54, 1.807) is 0 Å². The molecule has 86 valence electrons. The zero-order chi connectivity index (χ0) is 11.7. The van der Waals surface area contributed by atoms with E-state index in [4.69, 9.17) is 10.3 Å². The van der Waals surface area contributed by atoms with Gasteiger partial charge in [-0.1, -0.05) is 27.7 Å². The van der Waals surface area contributed by atoms with E-state index in [1.165, 1.54) is 6.07 Å². The van der Waals surface area contributed by atoms with Gasteiger partial charge in [0.1, 0.15) is 5.76 Å². The number of aromatic amines is 1. The molecule has 0 aliphatic carbocycles. The molecule has 0 saturated carbocycles. The number of nitrogens with two attached hydrogens (primary N) is 1. The van der Waals surface area contributed by atoms with Gasteiger partial charge in [-0.25, -0.2) is 0 Å². The first kappa shape index (κ1) is 12.0. The van der Waals surface area contributed by atoms with Crippen LogP contribution in [0.3, 0.4) is 0 Å². The molecule has 15 heavy (non-hydrogen) atoms. The predicted molar refractivity (Wildman–Crippen MR) is 59.8 cm³/mol. The highest BCUT2D eigenvalue weighted by Gasteiger charge is 2.32. The first-order valence-electron chi connectivity index (χ1n) is 5.16. The highest BCUT2D eigenvalue weighted by Crippen LogP contribution is 2.35. The van der Waals surface area contributed by atoms with Crippen molar-refractivity contribution >= 4 is 0 Å². The van der Waals surface area contributed by atoms with E-state index in [-0.39, 0.29) is 16.4 Å². The van der Waals surface area contributed by atoms with Gasteiger partial charge in [-0.2, -0.15) is 5.16 Å². The topological polar surface area (TPSA) is 72.0 Å². The molecule has 0 aromatic carbocycles. The Morgan fingerprint density at radius 3 is 2.40 bits per heavy atom. The third-order valence-corrected chi connectivity index (χ3v) is 2.66. The minimum absolute atomic E-state index is 0.0410. The monoisotopic (exact) mass is 212 g/mol. The van der Waals surface area contributed by atoms with Crippen LogP contribution in [0.2, 0.25) is 0 Å². The summed E-state index contributed by atoms with van der Waals surface area (Å²) in [7, 11) is 0. The van der Waals surface area contributed by atoms with E-state index in [0.29, 0.717) is 12.3 Å². The van der Waals surface area contributed by atoms with Crippen molar-refractivity contribution in [3.63, 3.8) is 0 Å². The standard InChI is InChI=1S/C11H20N2O2/c1-10(2,7-12)6-11(3,4)8-5-9(14)13-15-8/h5H,6-7,12H2,1-4H3,(H,13,14). The van der Waals surface area contributed by atoms with Gasteiger partial charge in [-0.3, -0.25) is 4.79 Å². The molecule has 1 aromatic heterocycles. The molecule has 4 heteroatoms. The Morgan fingerprint density at radius 2 is 2.00 bits per heavy atom. The molecule has 0 amide bonds. The molecular weight excluding hydrogens is 192 g/mol. The van der Waals surface area contributed by atoms with Crippen LogP contribution in [0, 0.1) is 5.41 Å². The van der Waals surface area contributed by atoms with Crippen LogP contribution in [0.25, 0.3) is 0 Å². The molecule has 0 unspecified atom stereocenters. The van der Waals surface area contributed by atoms with Gasteiger partial charge in [0.05, 0.1) is 0 Å². The number of H-pyrrole nitrogens is 1. The van der Waals surface area contributed by atoms with Crippen LogP contribution in [0.1, 0.15) is 39.9 Å². The molecule has 0 atom stereocenters. The third-order valence-electron chi connectivity index (χ3n) is 2.66. The Kier molecular flexibility index (Phi) is 3.09. The normalized spacial score (nSPS) is 13.1. The Labute approximate surface area is 89.8 Å². The summed E-state index contributed by atoms with van der Waals surface area (Å²) in [5.41, 5.74) is 5.37. The Hall–Kier alpha value is -1.03. The van der Waals surface area contributed by atoms with Gasteiger partial charge in [0, 0.05) is 11.5 Å². The number of rotatable bonds is 4. The highest BCUT2D eigenvalue weighted by atomic mass is 16.5. The van der Waals surface area contributed by atoms with Gasteiger partial charge in [0.2, 0.25) is 0 Å². The Bertz CT molecular complexity index is 374. The van der Waals surface area contributed by atoms with E-state index < -0.39 is 0 Å². The van der Waals surface area contributed by atoms with Crippen LogP contribution in [0.15, 0.2) is 15.4 Å². The Balaban J connectivity index is 2.88. The summed E-state index contributed by atoms with van der Waals surface area (Å²) in [6.07, 6.45) is 0.872. The van der Waals surface area contributed by atoms with Crippen molar-refractivity contribution in [2.24, 2.45) is 11.1 Å².